The second-order valence-electron chi connectivity index (χ2n) is 12.1. The normalized spacial score (nSPS) is 27.6. The van der Waals surface area contributed by atoms with Crippen molar-refractivity contribution in [1.82, 2.24) is 4.90 Å². The van der Waals surface area contributed by atoms with Crippen LogP contribution >= 0.6 is 0 Å². The topological polar surface area (TPSA) is 66.8 Å². The number of hydrogen-bond donors (Lipinski definition) is 1. The lowest BCUT2D eigenvalue weighted by molar-refractivity contribution is -0.137. The molecule has 4 aliphatic rings. The van der Waals surface area contributed by atoms with E-state index in [4.69, 9.17) is 9.84 Å². The summed E-state index contributed by atoms with van der Waals surface area (Å²) in [6.07, 6.45) is 18.4. The molecule has 0 aromatic heterocycles. The van der Waals surface area contributed by atoms with E-state index >= 15 is 0 Å². The Hall–Kier alpha value is -1.88. The van der Waals surface area contributed by atoms with Gasteiger partial charge in [0, 0.05) is 30.8 Å². The van der Waals surface area contributed by atoms with Crippen LogP contribution in [0.15, 0.2) is 18.2 Å². The number of rotatable bonds is 12. The maximum Gasteiger partial charge on any atom is 0.311 e. The minimum Gasteiger partial charge on any atom is -0.481 e. The summed E-state index contributed by atoms with van der Waals surface area (Å²) in [4.78, 5) is 26.0. The number of nitrogens with zero attached hydrogens (tertiary/aromatic N) is 1. The SMILES string of the molecule is O=C(O)CCCCCCCCC(=O)Oc1ccc2c(c1)[C@@]13CCCC[C@H]1[C@H](C2)N(CC1CCC1)CC3. The van der Waals surface area contributed by atoms with Crippen LogP contribution in [0, 0.1) is 11.8 Å². The molecule has 1 N–H and O–H groups in total. The highest BCUT2D eigenvalue weighted by Crippen LogP contribution is 2.56. The molecular weight excluding hydrogens is 450 g/mol. The van der Waals surface area contributed by atoms with Crippen LogP contribution in [0.2, 0.25) is 0 Å². The maximum absolute atomic E-state index is 12.6. The van der Waals surface area contributed by atoms with Crippen LogP contribution < -0.4 is 4.74 Å². The summed E-state index contributed by atoms with van der Waals surface area (Å²) >= 11 is 0. The fourth-order valence-corrected chi connectivity index (χ4v) is 7.80. The average Bonchev–Trinajstić information content (AvgIpc) is 2.84. The first-order chi connectivity index (χ1) is 17.5. The predicted molar refractivity (Wildman–Crippen MR) is 141 cm³/mol. The molecule has 3 atom stereocenters. The van der Waals surface area contributed by atoms with Crippen LogP contribution in [0.25, 0.3) is 0 Å². The van der Waals surface area contributed by atoms with Gasteiger partial charge in [-0.05, 0) is 93.0 Å². The number of benzene rings is 1. The molecule has 3 aliphatic carbocycles. The molecule has 1 aromatic rings. The monoisotopic (exact) mass is 495 g/mol. The molecule has 2 bridgehead atoms. The molecular formula is C31H45NO4. The first kappa shape index (κ1) is 25.8. The minimum atomic E-state index is -0.715. The molecule has 198 valence electrons. The summed E-state index contributed by atoms with van der Waals surface area (Å²) in [5.74, 6) is 1.59. The smallest absolute Gasteiger partial charge is 0.311 e. The van der Waals surface area contributed by atoms with Crippen molar-refractivity contribution in [2.24, 2.45) is 11.8 Å². The molecule has 1 heterocycles. The molecule has 5 nitrogen and oxygen atoms in total. The summed E-state index contributed by atoms with van der Waals surface area (Å²) in [7, 11) is 0. The highest BCUT2D eigenvalue weighted by molar-refractivity contribution is 5.72. The third-order valence-electron chi connectivity index (χ3n) is 9.89. The molecule has 0 amide bonds. The number of carbonyl (C=O) groups excluding carboxylic acids is 1. The number of aliphatic carboxylic acids is 1. The average molecular weight is 496 g/mol. The van der Waals surface area contributed by atoms with Gasteiger partial charge in [0.15, 0.2) is 0 Å². The molecule has 5 rings (SSSR count). The largest absolute Gasteiger partial charge is 0.481 e. The Morgan fingerprint density at radius 2 is 1.72 bits per heavy atom. The molecule has 0 unspecified atom stereocenters. The number of carboxylic acid groups (broad SMARTS) is 1. The van der Waals surface area contributed by atoms with Gasteiger partial charge in [0.05, 0.1) is 0 Å². The first-order valence-corrected chi connectivity index (χ1v) is 14.8. The molecule has 1 aromatic carbocycles. The van der Waals surface area contributed by atoms with E-state index in [1.54, 1.807) is 0 Å². The number of unbranched alkanes of at least 4 members (excludes halogenated alkanes) is 5. The highest BCUT2D eigenvalue weighted by Gasteiger charge is 2.54. The van der Waals surface area contributed by atoms with Gasteiger partial charge in [-0.2, -0.15) is 0 Å². The number of ether oxygens (including phenoxy) is 1. The zero-order valence-corrected chi connectivity index (χ0v) is 22.0. The van der Waals surface area contributed by atoms with Crippen molar-refractivity contribution in [2.75, 3.05) is 13.1 Å². The number of hydrogen-bond acceptors (Lipinski definition) is 4. The van der Waals surface area contributed by atoms with Gasteiger partial charge >= 0.3 is 11.9 Å². The van der Waals surface area contributed by atoms with Crippen LogP contribution in [0.5, 0.6) is 5.75 Å². The van der Waals surface area contributed by atoms with Gasteiger partial charge in [0.1, 0.15) is 5.75 Å². The summed E-state index contributed by atoms with van der Waals surface area (Å²) in [6.45, 7) is 2.54. The zero-order valence-electron chi connectivity index (χ0n) is 22.0. The number of fused-ring (bicyclic) bond motifs is 1. The van der Waals surface area contributed by atoms with Crippen molar-refractivity contribution < 1.29 is 19.4 Å². The second kappa shape index (κ2) is 11.7. The summed E-state index contributed by atoms with van der Waals surface area (Å²) in [5.41, 5.74) is 3.29. The molecule has 0 radical (unpaired) electrons. The Kier molecular flexibility index (Phi) is 8.35. The number of carboxylic acids is 1. The fraction of sp³-hybridized carbons (Fsp3) is 0.742. The van der Waals surface area contributed by atoms with Crippen molar-refractivity contribution in [3.8, 4) is 5.75 Å². The van der Waals surface area contributed by atoms with Crippen LogP contribution in [-0.2, 0) is 21.4 Å². The Labute approximate surface area is 217 Å². The third kappa shape index (κ3) is 5.66. The van der Waals surface area contributed by atoms with E-state index in [2.05, 4.69) is 17.0 Å². The molecule has 3 fully saturated rings. The van der Waals surface area contributed by atoms with Gasteiger partial charge in [0.2, 0.25) is 0 Å². The Balaban J connectivity index is 1.16. The third-order valence-corrected chi connectivity index (χ3v) is 9.89. The first-order valence-electron chi connectivity index (χ1n) is 14.8. The van der Waals surface area contributed by atoms with Crippen LogP contribution in [0.3, 0.4) is 0 Å². The number of likely N-dealkylation sites (tertiary alicyclic amines) is 1. The van der Waals surface area contributed by atoms with E-state index < -0.39 is 5.97 Å². The Morgan fingerprint density at radius 3 is 2.47 bits per heavy atom. The molecule has 0 spiro atoms. The van der Waals surface area contributed by atoms with Gasteiger partial charge in [-0.3, -0.25) is 14.5 Å². The van der Waals surface area contributed by atoms with Gasteiger partial charge in [0.25, 0.3) is 0 Å². The van der Waals surface area contributed by atoms with Crippen molar-refractivity contribution >= 4 is 11.9 Å². The predicted octanol–water partition coefficient (Wildman–Crippen LogP) is 6.66. The van der Waals surface area contributed by atoms with Gasteiger partial charge in [-0.25, -0.2) is 0 Å². The molecule has 2 saturated carbocycles. The molecule has 1 saturated heterocycles. The van der Waals surface area contributed by atoms with Crippen molar-refractivity contribution in [3.05, 3.63) is 29.3 Å². The minimum absolute atomic E-state index is 0.123. The van der Waals surface area contributed by atoms with E-state index in [-0.39, 0.29) is 17.8 Å². The maximum atomic E-state index is 12.6. The van der Waals surface area contributed by atoms with E-state index in [9.17, 15) is 9.59 Å². The molecule has 1 aliphatic heterocycles. The van der Waals surface area contributed by atoms with Gasteiger partial charge in [-0.15, -0.1) is 0 Å². The zero-order chi connectivity index (χ0) is 25.0. The lowest BCUT2D eigenvalue weighted by atomic mass is 9.52. The van der Waals surface area contributed by atoms with Crippen molar-refractivity contribution in [2.45, 2.75) is 121 Å². The molecule has 5 heteroatoms. The summed E-state index contributed by atoms with van der Waals surface area (Å²) < 4.78 is 5.85. The lowest BCUT2D eigenvalue weighted by Crippen LogP contribution is -2.61. The van der Waals surface area contributed by atoms with E-state index in [1.807, 2.05) is 6.07 Å². The van der Waals surface area contributed by atoms with Gasteiger partial charge in [-0.1, -0.05) is 51.0 Å². The van der Waals surface area contributed by atoms with E-state index in [0.29, 0.717) is 12.5 Å². The number of esters is 1. The second-order valence-corrected chi connectivity index (χ2v) is 12.1. The number of carbonyl (C=O) groups is 2. The quantitative estimate of drug-likeness (QED) is 0.200. The van der Waals surface area contributed by atoms with Crippen molar-refractivity contribution in [1.29, 1.82) is 0 Å². The highest BCUT2D eigenvalue weighted by atomic mass is 16.5. The van der Waals surface area contributed by atoms with Crippen LogP contribution in [0.4, 0.5) is 0 Å². The lowest BCUT2D eigenvalue weighted by Gasteiger charge is -2.59. The van der Waals surface area contributed by atoms with E-state index in [0.717, 1.165) is 62.5 Å². The van der Waals surface area contributed by atoms with Crippen molar-refractivity contribution in [3.63, 3.8) is 0 Å². The summed E-state index contributed by atoms with van der Waals surface area (Å²) in [5, 5.41) is 8.70. The van der Waals surface area contributed by atoms with Crippen LogP contribution in [-0.4, -0.2) is 41.1 Å². The standard InChI is InChI=1S/C31H45NO4/c33-29(34)13-5-3-1-2-4-6-14-30(35)36-25-16-15-24-20-28-26-12-7-8-17-31(26,27(24)21-25)18-19-32(28)22-23-10-9-11-23/h15-16,21,23,26,28H,1-14,17-20,22H2,(H,33,34)/t26-,28-,31+/m0/s1. The summed E-state index contributed by atoms with van der Waals surface area (Å²) in [6, 6.07) is 7.24. The van der Waals surface area contributed by atoms with Crippen LogP contribution in [0.1, 0.15) is 114 Å². The Bertz CT molecular complexity index is 925. The van der Waals surface area contributed by atoms with Gasteiger partial charge < -0.3 is 9.84 Å². The van der Waals surface area contributed by atoms with E-state index in [1.165, 1.54) is 75.6 Å². The number of piperidine rings is 1. The fourth-order valence-electron chi connectivity index (χ4n) is 7.80. The Morgan fingerprint density at radius 1 is 0.944 bits per heavy atom. The molecule has 36 heavy (non-hydrogen) atoms.